The highest BCUT2D eigenvalue weighted by Crippen LogP contribution is 2.23. The molecule has 0 bridgehead atoms. The molecule has 2 aromatic carbocycles. The molecule has 0 spiro atoms. The molecule has 82 valence electrons. The molecule has 0 aliphatic heterocycles. The Hall–Kier alpha value is -2.53. The number of benzene rings is 2. The van der Waals surface area contributed by atoms with E-state index in [4.69, 9.17) is 11.0 Å². The van der Waals surface area contributed by atoms with Gasteiger partial charge in [0.05, 0.1) is 11.6 Å². The van der Waals surface area contributed by atoms with Gasteiger partial charge in [-0.2, -0.15) is 5.26 Å². The number of nitrogens with two attached hydrogens (primary N) is 1. The number of nitrogen functional groups attached to an aromatic ring is 1. The van der Waals surface area contributed by atoms with Gasteiger partial charge in [-0.1, -0.05) is 30.8 Å². The summed E-state index contributed by atoms with van der Waals surface area (Å²) in [6.07, 6.45) is 0. The second kappa shape index (κ2) is 4.54. The van der Waals surface area contributed by atoms with E-state index < -0.39 is 0 Å². The van der Waals surface area contributed by atoms with Crippen LogP contribution in [0.5, 0.6) is 0 Å². The Morgan fingerprint density at radius 3 is 2.35 bits per heavy atom. The normalized spacial score (nSPS) is 9.59. The number of hydrogen-bond acceptors (Lipinski definition) is 2. The first kappa shape index (κ1) is 11.0. The van der Waals surface area contributed by atoms with Crippen LogP contribution in [0.25, 0.3) is 5.57 Å². The van der Waals surface area contributed by atoms with Gasteiger partial charge in [0.25, 0.3) is 0 Å². The molecular weight excluding hydrogens is 208 g/mol. The zero-order chi connectivity index (χ0) is 12.3. The minimum Gasteiger partial charge on any atom is -0.399 e. The fraction of sp³-hybridized carbons (Fsp3) is 0. The molecule has 2 rings (SSSR count). The lowest BCUT2D eigenvalue weighted by Crippen LogP contribution is -1.90. The van der Waals surface area contributed by atoms with E-state index in [0.29, 0.717) is 11.3 Å². The molecule has 2 aromatic rings. The molecule has 2 heteroatoms. The van der Waals surface area contributed by atoms with Crippen LogP contribution < -0.4 is 5.73 Å². The van der Waals surface area contributed by atoms with Crippen molar-refractivity contribution in [1.29, 1.82) is 5.26 Å². The SMILES string of the molecule is C=C(c1cccc(N)c1)c1cccc(C#N)c1. The van der Waals surface area contributed by atoms with Gasteiger partial charge >= 0.3 is 0 Å². The molecule has 2 N–H and O–H groups in total. The van der Waals surface area contributed by atoms with Crippen LogP contribution in [-0.2, 0) is 0 Å². The minimum absolute atomic E-state index is 0.632. The monoisotopic (exact) mass is 220 g/mol. The highest BCUT2D eigenvalue weighted by Gasteiger charge is 2.03. The zero-order valence-corrected chi connectivity index (χ0v) is 9.35. The third-order valence-electron chi connectivity index (χ3n) is 2.58. The van der Waals surface area contributed by atoms with Gasteiger partial charge in [-0.15, -0.1) is 0 Å². The van der Waals surface area contributed by atoms with Crippen LogP contribution in [0.15, 0.2) is 55.1 Å². The summed E-state index contributed by atoms with van der Waals surface area (Å²) >= 11 is 0. The van der Waals surface area contributed by atoms with Crippen LogP contribution >= 0.6 is 0 Å². The fourth-order valence-electron chi connectivity index (χ4n) is 1.67. The molecule has 0 aliphatic rings. The van der Waals surface area contributed by atoms with Crippen molar-refractivity contribution >= 4 is 11.3 Å². The van der Waals surface area contributed by atoms with Crippen molar-refractivity contribution < 1.29 is 0 Å². The van der Waals surface area contributed by atoms with E-state index in [1.165, 1.54) is 0 Å². The molecule has 0 radical (unpaired) electrons. The smallest absolute Gasteiger partial charge is 0.0991 e. The van der Waals surface area contributed by atoms with Gasteiger partial charge in [0.2, 0.25) is 0 Å². The Morgan fingerprint density at radius 1 is 1.06 bits per heavy atom. The molecule has 0 amide bonds. The van der Waals surface area contributed by atoms with Gasteiger partial charge in [-0.25, -0.2) is 0 Å². The molecule has 0 fully saturated rings. The predicted molar refractivity (Wildman–Crippen MR) is 70.1 cm³/mol. The topological polar surface area (TPSA) is 49.8 Å². The number of nitriles is 1. The summed E-state index contributed by atoms with van der Waals surface area (Å²) in [5.74, 6) is 0. The summed E-state index contributed by atoms with van der Waals surface area (Å²) in [7, 11) is 0. The number of nitrogens with zero attached hydrogens (tertiary/aromatic N) is 1. The van der Waals surface area contributed by atoms with Crippen LogP contribution in [0.2, 0.25) is 0 Å². The van der Waals surface area contributed by atoms with Crippen LogP contribution in [0.3, 0.4) is 0 Å². The Kier molecular flexibility index (Phi) is 2.93. The lowest BCUT2D eigenvalue weighted by Gasteiger charge is -2.07. The molecule has 17 heavy (non-hydrogen) atoms. The quantitative estimate of drug-likeness (QED) is 0.790. The number of hydrogen-bond donors (Lipinski definition) is 1. The maximum absolute atomic E-state index is 8.86. The molecule has 0 saturated heterocycles. The maximum Gasteiger partial charge on any atom is 0.0991 e. The second-order valence-corrected chi connectivity index (χ2v) is 3.80. The first-order valence-corrected chi connectivity index (χ1v) is 5.26. The van der Waals surface area contributed by atoms with Gasteiger partial charge in [0, 0.05) is 5.69 Å². The number of anilines is 1. The van der Waals surface area contributed by atoms with Crippen molar-refractivity contribution in [1.82, 2.24) is 0 Å². The minimum atomic E-state index is 0.632. The Labute approximate surface area is 101 Å². The highest BCUT2D eigenvalue weighted by atomic mass is 14.5. The van der Waals surface area contributed by atoms with Gasteiger partial charge in [-0.05, 0) is 41.0 Å². The molecule has 0 aromatic heterocycles. The maximum atomic E-state index is 8.86. The van der Waals surface area contributed by atoms with Crippen molar-refractivity contribution in [3.63, 3.8) is 0 Å². The van der Waals surface area contributed by atoms with Crippen LogP contribution in [-0.4, -0.2) is 0 Å². The van der Waals surface area contributed by atoms with E-state index in [9.17, 15) is 0 Å². The average Bonchev–Trinajstić information content (AvgIpc) is 2.38. The third-order valence-corrected chi connectivity index (χ3v) is 2.58. The highest BCUT2D eigenvalue weighted by molar-refractivity contribution is 5.79. The van der Waals surface area contributed by atoms with E-state index in [1.807, 2.05) is 42.5 Å². The van der Waals surface area contributed by atoms with Crippen molar-refractivity contribution in [2.75, 3.05) is 5.73 Å². The van der Waals surface area contributed by atoms with Crippen LogP contribution in [0.1, 0.15) is 16.7 Å². The summed E-state index contributed by atoms with van der Waals surface area (Å²) in [5.41, 5.74) is 9.86. The molecule has 2 nitrogen and oxygen atoms in total. The van der Waals surface area contributed by atoms with Gasteiger partial charge in [0.15, 0.2) is 0 Å². The largest absolute Gasteiger partial charge is 0.399 e. The summed E-state index contributed by atoms with van der Waals surface area (Å²) < 4.78 is 0. The van der Waals surface area contributed by atoms with Crippen molar-refractivity contribution in [2.45, 2.75) is 0 Å². The molecule has 0 aliphatic carbocycles. The molecule has 0 unspecified atom stereocenters. The van der Waals surface area contributed by atoms with Crippen molar-refractivity contribution in [2.24, 2.45) is 0 Å². The first-order valence-electron chi connectivity index (χ1n) is 5.26. The van der Waals surface area contributed by atoms with Crippen LogP contribution in [0, 0.1) is 11.3 Å². The van der Waals surface area contributed by atoms with E-state index in [0.717, 1.165) is 16.7 Å². The lowest BCUT2D eigenvalue weighted by atomic mass is 9.98. The van der Waals surface area contributed by atoms with E-state index in [1.54, 1.807) is 6.07 Å². The van der Waals surface area contributed by atoms with Crippen molar-refractivity contribution in [3.8, 4) is 6.07 Å². The number of rotatable bonds is 2. The van der Waals surface area contributed by atoms with Gasteiger partial charge in [-0.3, -0.25) is 0 Å². The zero-order valence-electron chi connectivity index (χ0n) is 9.35. The molecule has 0 atom stereocenters. The molecule has 0 saturated carbocycles. The Balaban J connectivity index is 2.41. The third kappa shape index (κ3) is 2.35. The van der Waals surface area contributed by atoms with Crippen LogP contribution in [0.4, 0.5) is 5.69 Å². The average molecular weight is 220 g/mol. The van der Waals surface area contributed by atoms with Crippen molar-refractivity contribution in [3.05, 3.63) is 71.8 Å². The van der Waals surface area contributed by atoms with E-state index in [2.05, 4.69) is 12.6 Å². The standard InChI is InChI=1S/C15H12N2/c1-11(14-6-3-7-15(17)9-14)13-5-2-4-12(8-13)10-16/h2-9H,1,17H2. The predicted octanol–water partition coefficient (Wildman–Crippen LogP) is 3.20. The molecule has 0 heterocycles. The summed E-state index contributed by atoms with van der Waals surface area (Å²) in [5, 5.41) is 8.86. The summed E-state index contributed by atoms with van der Waals surface area (Å²) in [6.45, 7) is 4.05. The van der Waals surface area contributed by atoms with Gasteiger partial charge in [0.1, 0.15) is 0 Å². The fourth-order valence-corrected chi connectivity index (χ4v) is 1.67. The first-order chi connectivity index (χ1) is 8.20. The Bertz CT molecular complexity index is 606. The van der Waals surface area contributed by atoms with E-state index in [-0.39, 0.29) is 0 Å². The summed E-state index contributed by atoms with van der Waals surface area (Å²) in [6, 6.07) is 17.1. The second-order valence-electron chi connectivity index (χ2n) is 3.80. The lowest BCUT2D eigenvalue weighted by molar-refractivity contribution is 1.47. The Morgan fingerprint density at radius 2 is 1.71 bits per heavy atom. The summed E-state index contributed by atoms with van der Waals surface area (Å²) in [4.78, 5) is 0. The van der Waals surface area contributed by atoms with Gasteiger partial charge < -0.3 is 5.73 Å². The van der Waals surface area contributed by atoms with E-state index >= 15 is 0 Å². The molecular formula is C15H12N2.